The summed E-state index contributed by atoms with van der Waals surface area (Å²) in [5.41, 5.74) is 3.13. The molecule has 3 aromatic rings. The second kappa shape index (κ2) is 8.85. The summed E-state index contributed by atoms with van der Waals surface area (Å²) < 4.78 is 27.6. The van der Waals surface area contributed by atoms with Gasteiger partial charge in [-0.2, -0.15) is 4.31 Å². The summed E-state index contributed by atoms with van der Waals surface area (Å²) in [7, 11) is -3.55. The topological polar surface area (TPSA) is 73.5 Å². The number of nitrogens with zero attached hydrogens (tertiary/aromatic N) is 2. The number of H-pyrrole nitrogens is 1. The Balaban J connectivity index is 1.39. The third kappa shape index (κ3) is 4.38. The maximum atomic E-state index is 13.0. The highest BCUT2D eigenvalue weighted by Crippen LogP contribution is 2.24. The minimum absolute atomic E-state index is 0.0275. The van der Waals surface area contributed by atoms with Crippen LogP contribution in [-0.4, -0.2) is 54.7 Å². The molecule has 6 nitrogen and oxygen atoms in total. The van der Waals surface area contributed by atoms with Gasteiger partial charge < -0.3 is 9.88 Å². The van der Waals surface area contributed by atoms with E-state index in [0.29, 0.717) is 43.4 Å². The van der Waals surface area contributed by atoms with Crippen LogP contribution in [0.3, 0.4) is 0 Å². The Morgan fingerprint density at radius 1 is 1.03 bits per heavy atom. The molecule has 1 aliphatic heterocycles. The highest BCUT2D eigenvalue weighted by atomic mass is 32.2. The van der Waals surface area contributed by atoms with Crippen LogP contribution in [-0.2, 0) is 21.2 Å². The van der Waals surface area contributed by atoms with Crippen molar-refractivity contribution in [3.05, 3.63) is 65.9 Å². The lowest BCUT2D eigenvalue weighted by Gasteiger charge is -2.34. The fraction of sp³-hybridized carbons (Fsp3) is 0.375. The summed E-state index contributed by atoms with van der Waals surface area (Å²) in [6.45, 7) is 5.70. The molecule has 1 amide bonds. The zero-order chi connectivity index (χ0) is 22.0. The van der Waals surface area contributed by atoms with Crippen LogP contribution in [0.2, 0.25) is 0 Å². The highest BCUT2D eigenvalue weighted by Gasteiger charge is 2.30. The first-order valence-corrected chi connectivity index (χ1v) is 12.3. The van der Waals surface area contributed by atoms with Crippen LogP contribution in [0.5, 0.6) is 0 Å². The maximum Gasteiger partial charge on any atom is 0.243 e. The van der Waals surface area contributed by atoms with E-state index in [0.717, 1.165) is 28.5 Å². The van der Waals surface area contributed by atoms with Gasteiger partial charge in [-0.15, -0.1) is 0 Å². The van der Waals surface area contributed by atoms with E-state index in [1.54, 1.807) is 17.0 Å². The Labute approximate surface area is 183 Å². The van der Waals surface area contributed by atoms with E-state index in [9.17, 15) is 13.2 Å². The minimum Gasteiger partial charge on any atom is -0.361 e. The van der Waals surface area contributed by atoms with Crippen LogP contribution in [0.15, 0.2) is 59.6 Å². The molecule has 31 heavy (non-hydrogen) atoms. The Morgan fingerprint density at radius 3 is 2.39 bits per heavy atom. The lowest BCUT2D eigenvalue weighted by atomic mass is 9.99. The van der Waals surface area contributed by atoms with Crippen molar-refractivity contribution in [3.8, 4) is 0 Å². The van der Waals surface area contributed by atoms with Gasteiger partial charge in [0.25, 0.3) is 0 Å². The first-order chi connectivity index (χ1) is 14.9. The number of piperazine rings is 1. The molecule has 0 radical (unpaired) electrons. The van der Waals surface area contributed by atoms with Gasteiger partial charge in [-0.3, -0.25) is 4.79 Å². The standard InChI is InChI=1S/C24H29N3O3S/c1-3-18(2)19-8-10-21(11-9-19)31(29,30)27-14-12-26(13-15-27)24(28)16-20-17-25-23-7-5-4-6-22(20)23/h4-11,17-18,25H,3,12-16H2,1-2H3. The normalized spacial score (nSPS) is 16.5. The zero-order valence-electron chi connectivity index (χ0n) is 18.0. The number of carbonyl (C=O) groups is 1. The number of rotatable bonds is 6. The lowest BCUT2D eigenvalue weighted by molar-refractivity contribution is -0.131. The number of hydrogen-bond acceptors (Lipinski definition) is 3. The molecule has 1 N–H and O–H groups in total. The van der Waals surface area contributed by atoms with Crippen LogP contribution in [0.25, 0.3) is 10.9 Å². The molecule has 7 heteroatoms. The number of amides is 1. The smallest absolute Gasteiger partial charge is 0.243 e. The molecule has 1 saturated heterocycles. The maximum absolute atomic E-state index is 13.0. The Kier molecular flexibility index (Phi) is 6.16. The van der Waals surface area contributed by atoms with Crippen LogP contribution < -0.4 is 0 Å². The Hall–Kier alpha value is -2.64. The monoisotopic (exact) mass is 439 g/mol. The minimum atomic E-state index is -3.55. The number of para-hydroxylation sites is 1. The van der Waals surface area contributed by atoms with Gasteiger partial charge in [0, 0.05) is 43.3 Å². The van der Waals surface area contributed by atoms with Crippen molar-refractivity contribution in [1.29, 1.82) is 0 Å². The predicted molar refractivity (Wildman–Crippen MR) is 122 cm³/mol. The third-order valence-corrected chi connectivity index (χ3v) is 8.22. The van der Waals surface area contributed by atoms with Gasteiger partial charge in [0.1, 0.15) is 0 Å². The van der Waals surface area contributed by atoms with Gasteiger partial charge in [0.15, 0.2) is 0 Å². The van der Waals surface area contributed by atoms with E-state index in [1.165, 1.54) is 4.31 Å². The summed E-state index contributed by atoms with van der Waals surface area (Å²) in [5, 5.41) is 1.05. The van der Waals surface area contributed by atoms with Gasteiger partial charge in [-0.25, -0.2) is 8.42 Å². The number of carbonyl (C=O) groups excluding carboxylic acids is 1. The zero-order valence-corrected chi connectivity index (χ0v) is 18.9. The molecule has 0 bridgehead atoms. The molecule has 0 aliphatic carbocycles. The van der Waals surface area contributed by atoms with E-state index >= 15 is 0 Å². The van der Waals surface area contributed by atoms with Crippen LogP contribution in [0.1, 0.15) is 37.3 Å². The summed E-state index contributed by atoms with van der Waals surface area (Å²) in [6, 6.07) is 15.1. The molecule has 2 aromatic carbocycles. The van der Waals surface area contributed by atoms with Gasteiger partial charge in [0.05, 0.1) is 11.3 Å². The number of aromatic amines is 1. The Bertz CT molecular complexity index is 1160. The molecular formula is C24H29N3O3S. The highest BCUT2D eigenvalue weighted by molar-refractivity contribution is 7.89. The SMILES string of the molecule is CCC(C)c1ccc(S(=O)(=O)N2CCN(C(=O)Cc3c[nH]c4ccccc34)CC2)cc1. The van der Waals surface area contributed by atoms with Gasteiger partial charge in [0.2, 0.25) is 15.9 Å². The van der Waals surface area contributed by atoms with Crippen molar-refractivity contribution >= 4 is 26.8 Å². The first kappa shape index (κ1) is 21.6. The molecule has 0 saturated carbocycles. The third-order valence-electron chi connectivity index (χ3n) is 6.31. The number of fused-ring (bicyclic) bond motifs is 1. The molecule has 1 aromatic heterocycles. The molecular weight excluding hydrogens is 410 g/mol. The van der Waals surface area contributed by atoms with Crippen LogP contribution in [0.4, 0.5) is 0 Å². The number of hydrogen-bond donors (Lipinski definition) is 1. The second-order valence-electron chi connectivity index (χ2n) is 8.20. The summed E-state index contributed by atoms with van der Waals surface area (Å²) in [6.07, 6.45) is 3.21. The van der Waals surface area contributed by atoms with Gasteiger partial charge in [-0.05, 0) is 41.7 Å². The van der Waals surface area contributed by atoms with Gasteiger partial charge in [-0.1, -0.05) is 44.2 Å². The van der Waals surface area contributed by atoms with Crippen molar-refractivity contribution in [1.82, 2.24) is 14.2 Å². The summed E-state index contributed by atoms with van der Waals surface area (Å²) >= 11 is 0. The van der Waals surface area contributed by atoms with Crippen molar-refractivity contribution in [2.45, 2.75) is 37.5 Å². The van der Waals surface area contributed by atoms with E-state index in [1.807, 2.05) is 42.6 Å². The van der Waals surface area contributed by atoms with Crippen LogP contribution >= 0.6 is 0 Å². The quantitative estimate of drug-likeness (QED) is 0.636. The average molecular weight is 440 g/mol. The molecule has 164 valence electrons. The summed E-state index contributed by atoms with van der Waals surface area (Å²) in [5.74, 6) is 0.433. The van der Waals surface area contributed by atoms with Crippen molar-refractivity contribution < 1.29 is 13.2 Å². The van der Waals surface area contributed by atoms with Crippen molar-refractivity contribution in [2.75, 3.05) is 26.2 Å². The van der Waals surface area contributed by atoms with Crippen molar-refractivity contribution in [3.63, 3.8) is 0 Å². The number of nitrogens with one attached hydrogen (secondary N) is 1. The average Bonchev–Trinajstić information content (AvgIpc) is 3.21. The fourth-order valence-electron chi connectivity index (χ4n) is 4.08. The predicted octanol–water partition coefficient (Wildman–Crippen LogP) is 3.76. The van der Waals surface area contributed by atoms with E-state index < -0.39 is 10.0 Å². The van der Waals surface area contributed by atoms with Crippen molar-refractivity contribution in [2.24, 2.45) is 0 Å². The fourth-order valence-corrected chi connectivity index (χ4v) is 5.51. The molecule has 1 unspecified atom stereocenters. The van der Waals surface area contributed by atoms with E-state index in [-0.39, 0.29) is 5.91 Å². The molecule has 1 atom stereocenters. The molecule has 1 fully saturated rings. The van der Waals surface area contributed by atoms with E-state index in [2.05, 4.69) is 18.8 Å². The largest absolute Gasteiger partial charge is 0.361 e. The summed E-state index contributed by atoms with van der Waals surface area (Å²) in [4.78, 5) is 18.1. The Morgan fingerprint density at radius 2 is 1.71 bits per heavy atom. The van der Waals surface area contributed by atoms with E-state index in [4.69, 9.17) is 0 Å². The number of benzene rings is 2. The molecule has 2 heterocycles. The molecule has 1 aliphatic rings. The molecule has 0 spiro atoms. The number of aromatic nitrogens is 1. The molecule has 4 rings (SSSR count). The van der Waals surface area contributed by atoms with Gasteiger partial charge >= 0.3 is 0 Å². The first-order valence-electron chi connectivity index (χ1n) is 10.8. The second-order valence-corrected chi connectivity index (χ2v) is 10.1. The number of sulfonamides is 1. The van der Waals surface area contributed by atoms with Crippen LogP contribution in [0, 0.1) is 0 Å². The lowest BCUT2D eigenvalue weighted by Crippen LogP contribution is -2.50.